The summed E-state index contributed by atoms with van der Waals surface area (Å²) in [5, 5.41) is 15.8. The van der Waals surface area contributed by atoms with E-state index in [2.05, 4.69) is 25.6 Å². The van der Waals surface area contributed by atoms with Gasteiger partial charge in [-0.05, 0) is 10.4 Å². The van der Waals surface area contributed by atoms with Crippen LogP contribution in [-0.2, 0) is 0 Å². The molecule has 0 spiro atoms. The fourth-order valence-corrected chi connectivity index (χ4v) is 1.16. The second-order valence-electron chi connectivity index (χ2n) is 1.59. The van der Waals surface area contributed by atoms with Gasteiger partial charge >= 0.3 is 0 Å². The summed E-state index contributed by atoms with van der Waals surface area (Å²) in [6.07, 6.45) is 1.71. The molecule has 0 radical (unpaired) electrons. The van der Waals surface area contributed by atoms with Crippen LogP contribution in [0.15, 0.2) is 11.6 Å². The first-order valence-corrected chi connectivity index (χ1v) is 3.48. The molecule has 2 aromatic heterocycles. The van der Waals surface area contributed by atoms with Gasteiger partial charge in [0, 0.05) is 11.6 Å². The van der Waals surface area contributed by atoms with Crippen LogP contribution in [0.25, 0.3) is 10.8 Å². The molecule has 0 aliphatic heterocycles. The van der Waals surface area contributed by atoms with Gasteiger partial charge in [-0.25, -0.2) is 10.1 Å². The van der Waals surface area contributed by atoms with Crippen molar-refractivity contribution in [3.05, 3.63) is 11.6 Å². The first-order valence-electron chi connectivity index (χ1n) is 2.60. The van der Waals surface area contributed by atoms with Crippen molar-refractivity contribution < 1.29 is 0 Å². The van der Waals surface area contributed by atoms with Gasteiger partial charge in [-0.3, -0.25) is 0 Å². The van der Waals surface area contributed by atoms with E-state index in [0.29, 0.717) is 5.82 Å². The van der Waals surface area contributed by atoms with Gasteiger partial charge in [0.05, 0.1) is 0 Å². The van der Waals surface area contributed by atoms with Crippen molar-refractivity contribution in [3.8, 4) is 10.8 Å². The van der Waals surface area contributed by atoms with E-state index < -0.39 is 0 Å². The average molecular weight is 153 g/mol. The fourth-order valence-electron chi connectivity index (χ4n) is 0.590. The number of aromatic nitrogens is 5. The van der Waals surface area contributed by atoms with Gasteiger partial charge < -0.3 is 0 Å². The monoisotopic (exact) mass is 153 g/mol. The molecule has 0 fully saturated rings. The van der Waals surface area contributed by atoms with Crippen LogP contribution in [0.2, 0.25) is 0 Å². The molecule has 0 aliphatic carbocycles. The Bertz CT molecular complexity index is 253. The third-order valence-electron chi connectivity index (χ3n) is 0.980. The molecule has 0 aromatic carbocycles. The van der Waals surface area contributed by atoms with Gasteiger partial charge in [0.1, 0.15) is 0 Å². The number of tetrazole rings is 1. The highest BCUT2D eigenvalue weighted by Gasteiger charge is 2.01. The molecular weight excluding hydrogens is 150 g/mol. The molecule has 0 unspecified atom stereocenters. The van der Waals surface area contributed by atoms with E-state index in [1.807, 2.05) is 5.38 Å². The topological polar surface area (TPSA) is 67.3 Å². The fraction of sp³-hybridized carbons (Fsp3) is 0. The minimum Gasteiger partial charge on any atom is -0.241 e. The molecule has 0 aliphatic rings. The summed E-state index contributed by atoms with van der Waals surface area (Å²) < 4.78 is 0. The average Bonchev–Trinajstić information content (AvgIpc) is 2.59. The molecule has 1 N–H and O–H groups in total. The Morgan fingerprint density at radius 2 is 2.50 bits per heavy atom. The van der Waals surface area contributed by atoms with Crippen LogP contribution in [0.4, 0.5) is 0 Å². The Morgan fingerprint density at radius 3 is 3.10 bits per heavy atom. The largest absolute Gasteiger partial charge is 0.241 e. The van der Waals surface area contributed by atoms with E-state index >= 15 is 0 Å². The number of thiazole rings is 1. The Labute approximate surface area is 60.1 Å². The van der Waals surface area contributed by atoms with Crippen molar-refractivity contribution in [1.29, 1.82) is 0 Å². The van der Waals surface area contributed by atoms with E-state index in [9.17, 15) is 0 Å². The third kappa shape index (κ3) is 0.781. The number of aromatic amines is 1. The summed E-state index contributed by atoms with van der Waals surface area (Å²) in [7, 11) is 0. The second-order valence-corrected chi connectivity index (χ2v) is 2.48. The van der Waals surface area contributed by atoms with Crippen LogP contribution < -0.4 is 0 Å². The van der Waals surface area contributed by atoms with E-state index in [1.54, 1.807) is 6.20 Å². The first-order chi connectivity index (χ1) is 4.97. The van der Waals surface area contributed by atoms with Crippen molar-refractivity contribution >= 4 is 11.3 Å². The molecule has 2 heterocycles. The molecule has 2 aromatic rings. The van der Waals surface area contributed by atoms with E-state index in [4.69, 9.17) is 0 Å². The number of hydrogen-bond donors (Lipinski definition) is 1. The summed E-state index contributed by atoms with van der Waals surface area (Å²) in [6, 6.07) is 0. The van der Waals surface area contributed by atoms with Crippen molar-refractivity contribution in [2.75, 3.05) is 0 Å². The first kappa shape index (κ1) is 5.48. The number of H-pyrrole nitrogens is 1. The van der Waals surface area contributed by atoms with Crippen LogP contribution >= 0.6 is 11.3 Å². The smallest absolute Gasteiger partial charge is 0.208 e. The molecule has 6 heteroatoms. The standard InChI is InChI=1S/C4H3N5S/c1-2-10-4(5-1)3-6-8-9-7-3/h1-2H,(H,6,7,8,9). The lowest BCUT2D eigenvalue weighted by atomic mass is 10.7. The number of nitrogens with zero attached hydrogens (tertiary/aromatic N) is 4. The minimum absolute atomic E-state index is 0.620. The number of hydrogen-bond acceptors (Lipinski definition) is 5. The second kappa shape index (κ2) is 2.14. The Morgan fingerprint density at radius 1 is 1.50 bits per heavy atom. The normalized spacial score (nSPS) is 10.0. The van der Waals surface area contributed by atoms with Gasteiger partial charge in [0.15, 0.2) is 5.01 Å². The summed E-state index contributed by atoms with van der Waals surface area (Å²) in [4.78, 5) is 4.00. The zero-order chi connectivity index (χ0) is 6.81. The highest BCUT2D eigenvalue weighted by Crippen LogP contribution is 2.14. The predicted molar refractivity (Wildman–Crippen MR) is 35.3 cm³/mol. The van der Waals surface area contributed by atoms with Crippen LogP contribution in [-0.4, -0.2) is 25.6 Å². The quantitative estimate of drug-likeness (QED) is 0.640. The molecular formula is C4H3N5S. The lowest BCUT2D eigenvalue weighted by Gasteiger charge is -1.79. The van der Waals surface area contributed by atoms with E-state index in [-0.39, 0.29) is 0 Å². The minimum atomic E-state index is 0.620. The van der Waals surface area contributed by atoms with Gasteiger partial charge in [-0.1, -0.05) is 0 Å². The van der Waals surface area contributed by atoms with Gasteiger partial charge in [0.2, 0.25) is 5.82 Å². The molecule has 0 bridgehead atoms. The van der Waals surface area contributed by atoms with E-state index in [1.165, 1.54) is 11.3 Å². The number of nitrogens with one attached hydrogen (secondary N) is 1. The molecule has 0 atom stereocenters. The lowest BCUT2D eigenvalue weighted by Crippen LogP contribution is -1.76. The van der Waals surface area contributed by atoms with Crippen LogP contribution in [0, 0.1) is 0 Å². The van der Waals surface area contributed by atoms with Crippen LogP contribution in [0.1, 0.15) is 0 Å². The summed E-state index contributed by atoms with van der Waals surface area (Å²) >= 11 is 1.50. The summed E-state index contributed by atoms with van der Waals surface area (Å²) in [5.74, 6) is 0.620. The molecule has 10 heavy (non-hydrogen) atoms. The molecule has 2 rings (SSSR count). The van der Waals surface area contributed by atoms with Crippen LogP contribution in [0.5, 0.6) is 0 Å². The zero-order valence-corrected chi connectivity index (χ0v) is 5.67. The predicted octanol–water partition coefficient (Wildman–Crippen LogP) is 0.323. The van der Waals surface area contributed by atoms with Crippen molar-refractivity contribution in [1.82, 2.24) is 25.6 Å². The Hall–Kier alpha value is -1.30. The lowest BCUT2D eigenvalue weighted by molar-refractivity contribution is 0.881. The molecule has 0 saturated carbocycles. The zero-order valence-electron chi connectivity index (χ0n) is 4.85. The van der Waals surface area contributed by atoms with E-state index in [0.717, 1.165) is 5.01 Å². The Balaban J connectivity index is 2.48. The maximum Gasteiger partial charge on any atom is 0.208 e. The van der Waals surface area contributed by atoms with Crippen molar-refractivity contribution in [2.45, 2.75) is 0 Å². The third-order valence-corrected chi connectivity index (χ3v) is 1.76. The molecule has 0 amide bonds. The Kier molecular flexibility index (Phi) is 1.17. The highest BCUT2D eigenvalue weighted by atomic mass is 32.1. The summed E-state index contributed by atoms with van der Waals surface area (Å²) in [6.45, 7) is 0. The van der Waals surface area contributed by atoms with Gasteiger partial charge in [-0.15, -0.1) is 16.4 Å². The maximum atomic E-state index is 4.00. The molecule has 0 saturated heterocycles. The summed E-state index contributed by atoms with van der Waals surface area (Å²) in [5.41, 5.74) is 0. The molecule has 50 valence electrons. The SMILES string of the molecule is c1csc(-c2nnn[nH]2)n1. The number of rotatable bonds is 1. The van der Waals surface area contributed by atoms with Gasteiger partial charge in [0.25, 0.3) is 0 Å². The van der Waals surface area contributed by atoms with Gasteiger partial charge in [-0.2, -0.15) is 0 Å². The van der Waals surface area contributed by atoms with Crippen LogP contribution in [0.3, 0.4) is 0 Å². The highest BCUT2D eigenvalue weighted by molar-refractivity contribution is 7.12. The maximum absolute atomic E-state index is 4.00. The van der Waals surface area contributed by atoms with Crippen molar-refractivity contribution in [3.63, 3.8) is 0 Å². The van der Waals surface area contributed by atoms with Crippen molar-refractivity contribution in [2.24, 2.45) is 0 Å². The molecule has 5 nitrogen and oxygen atoms in total.